The fourth-order valence-electron chi connectivity index (χ4n) is 2.61. The Morgan fingerprint density at radius 3 is 2.74 bits per heavy atom. The quantitative estimate of drug-likeness (QED) is 0.797. The molecule has 0 amide bonds. The first-order chi connectivity index (χ1) is 11.1. The second kappa shape index (κ2) is 5.06. The number of fused-ring (bicyclic) bond motifs is 2. The average Bonchev–Trinajstić information content (AvgIpc) is 3.13. The first-order valence-electron chi connectivity index (χ1n) is 7.13. The number of anilines is 1. The normalized spacial score (nSPS) is 17.1. The summed E-state index contributed by atoms with van der Waals surface area (Å²) in [4.78, 5) is 26.3. The van der Waals surface area contributed by atoms with E-state index >= 15 is 0 Å². The van der Waals surface area contributed by atoms with E-state index < -0.39 is 10.9 Å². The van der Waals surface area contributed by atoms with Gasteiger partial charge in [-0.25, -0.2) is 0 Å². The number of ether oxygens (including phenoxy) is 3. The molecule has 4 rings (SSSR count). The van der Waals surface area contributed by atoms with Gasteiger partial charge in [0, 0.05) is 24.1 Å². The summed E-state index contributed by atoms with van der Waals surface area (Å²) in [5.41, 5.74) is 0.254. The number of hydrogen-bond donors (Lipinski definition) is 0. The van der Waals surface area contributed by atoms with E-state index in [1.807, 2.05) is 24.1 Å². The second-order valence-corrected chi connectivity index (χ2v) is 6.21. The van der Waals surface area contributed by atoms with E-state index in [9.17, 15) is 9.59 Å². The van der Waals surface area contributed by atoms with Crippen molar-refractivity contribution in [2.24, 2.45) is 0 Å². The van der Waals surface area contributed by atoms with Gasteiger partial charge in [0.05, 0.1) is 22.9 Å². The molecule has 0 aliphatic carbocycles. The van der Waals surface area contributed by atoms with Gasteiger partial charge < -0.3 is 19.1 Å². The molecule has 0 unspecified atom stereocenters. The highest BCUT2D eigenvalue weighted by atomic mass is 32.2. The molecule has 2 aromatic carbocycles. The van der Waals surface area contributed by atoms with Gasteiger partial charge in [0.15, 0.2) is 17.2 Å². The topological polar surface area (TPSA) is 65.1 Å². The maximum Gasteiger partial charge on any atom is 0.268 e. The number of rotatable bonds is 3. The first-order valence-corrected chi connectivity index (χ1v) is 7.94. The minimum Gasteiger partial charge on any atom is -0.489 e. The van der Waals surface area contributed by atoms with Crippen LogP contribution in [0.25, 0.3) is 6.08 Å². The summed E-state index contributed by atoms with van der Waals surface area (Å²) in [5.74, 6) is 1.58. The molecule has 23 heavy (non-hydrogen) atoms. The van der Waals surface area contributed by atoms with Gasteiger partial charge in [-0.1, -0.05) is 11.8 Å². The monoisotopic (exact) mass is 331 g/mol. The number of nitrogens with zero attached hydrogens (tertiary/aromatic N) is 1. The van der Waals surface area contributed by atoms with Crippen LogP contribution >= 0.6 is 11.8 Å². The lowest BCUT2D eigenvalue weighted by Crippen LogP contribution is -2.35. The van der Waals surface area contributed by atoms with Crippen LogP contribution < -0.4 is 30.0 Å². The van der Waals surface area contributed by atoms with E-state index in [-0.39, 0.29) is 12.5 Å². The van der Waals surface area contributed by atoms with Crippen molar-refractivity contribution in [3.63, 3.8) is 0 Å². The summed E-state index contributed by atoms with van der Waals surface area (Å²) in [6, 6.07) is 3.84. The highest BCUT2D eigenvalue weighted by molar-refractivity contribution is 8.03. The van der Waals surface area contributed by atoms with Gasteiger partial charge in [-0.05, 0) is 13.0 Å². The van der Waals surface area contributed by atoms with E-state index in [0.29, 0.717) is 17.9 Å². The van der Waals surface area contributed by atoms with Crippen molar-refractivity contribution < 1.29 is 14.2 Å². The molecule has 2 aliphatic rings. The van der Waals surface area contributed by atoms with Crippen LogP contribution in [0.1, 0.15) is 12.5 Å². The fourth-order valence-corrected chi connectivity index (χ4v) is 3.72. The van der Waals surface area contributed by atoms with E-state index in [2.05, 4.69) is 0 Å². The third-order valence-corrected chi connectivity index (χ3v) is 4.97. The van der Waals surface area contributed by atoms with E-state index in [1.54, 1.807) is 13.0 Å². The van der Waals surface area contributed by atoms with Crippen molar-refractivity contribution >= 4 is 23.5 Å². The lowest BCUT2D eigenvalue weighted by molar-refractivity contribution is 0.174. The van der Waals surface area contributed by atoms with Crippen molar-refractivity contribution in [3.05, 3.63) is 43.2 Å². The Labute approximate surface area is 136 Å². The summed E-state index contributed by atoms with van der Waals surface area (Å²) in [6.45, 7) is 2.36. The Hall–Kier alpha value is -2.41. The molecule has 0 aromatic heterocycles. The van der Waals surface area contributed by atoms with Crippen LogP contribution in [0.3, 0.4) is 0 Å². The van der Waals surface area contributed by atoms with Crippen LogP contribution in [0, 0.1) is 0 Å². The molecule has 0 spiro atoms. The molecule has 0 saturated carbocycles. The van der Waals surface area contributed by atoms with Crippen molar-refractivity contribution in [1.29, 1.82) is 0 Å². The summed E-state index contributed by atoms with van der Waals surface area (Å²) < 4.78 is 16.0. The summed E-state index contributed by atoms with van der Waals surface area (Å²) in [6.07, 6.45) is 1.70. The van der Waals surface area contributed by atoms with E-state index in [1.165, 1.54) is 11.8 Å². The van der Waals surface area contributed by atoms with Crippen LogP contribution in [0.4, 0.5) is 5.69 Å². The Balaban J connectivity index is 1.71. The van der Waals surface area contributed by atoms with Gasteiger partial charge in [-0.3, -0.25) is 9.59 Å². The van der Waals surface area contributed by atoms with Crippen LogP contribution in [0.5, 0.6) is 17.2 Å². The summed E-state index contributed by atoms with van der Waals surface area (Å²) >= 11 is 1.51. The van der Waals surface area contributed by atoms with Crippen LogP contribution in [-0.4, -0.2) is 20.4 Å². The minimum atomic E-state index is -0.553. The van der Waals surface area contributed by atoms with Gasteiger partial charge in [0.25, 0.3) is 5.43 Å². The van der Waals surface area contributed by atoms with Crippen molar-refractivity contribution in [1.82, 2.24) is 0 Å². The van der Waals surface area contributed by atoms with Crippen LogP contribution in [0.15, 0.2) is 31.6 Å². The Bertz CT molecular complexity index is 910. The number of thioether (sulfide) groups is 1. The number of benzene rings is 1. The molecular formula is C16H13NO5S. The second-order valence-electron chi connectivity index (χ2n) is 5.15. The predicted octanol–water partition coefficient (Wildman–Crippen LogP) is 1.95. The molecule has 0 bridgehead atoms. The summed E-state index contributed by atoms with van der Waals surface area (Å²) in [5, 5.41) is 0.844. The highest BCUT2D eigenvalue weighted by Gasteiger charge is 2.29. The Kier molecular flexibility index (Phi) is 3.12. The number of hydrogen-bond acceptors (Lipinski definition) is 7. The lowest BCUT2D eigenvalue weighted by Gasteiger charge is -2.15. The molecule has 2 aromatic rings. The summed E-state index contributed by atoms with van der Waals surface area (Å²) in [7, 11) is 1.90. The Morgan fingerprint density at radius 1 is 1.26 bits per heavy atom. The molecule has 0 atom stereocenters. The maximum atomic E-state index is 11.8. The molecule has 0 saturated heterocycles. The largest absolute Gasteiger partial charge is 0.489 e. The van der Waals surface area contributed by atoms with Gasteiger partial charge in [-0.15, -0.1) is 0 Å². The predicted molar refractivity (Wildman–Crippen MR) is 87.3 cm³/mol. The first kappa shape index (κ1) is 14.2. The zero-order chi connectivity index (χ0) is 16.1. The lowest BCUT2D eigenvalue weighted by atomic mass is 10.1. The molecule has 7 heteroatoms. The zero-order valence-electron chi connectivity index (χ0n) is 12.5. The van der Waals surface area contributed by atoms with Gasteiger partial charge in [0.1, 0.15) is 0 Å². The molecule has 0 fully saturated rings. The van der Waals surface area contributed by atoms with Crippen molar-refractivity contribution in [3.8, 4) is 17.2 Å². The molecule has 2 heterocycles. The van der Waals surface area contributed by atoms with Gasteiger partial charge >= 0.3 is 0 Å². The minimum absolute atomic E-state index is 0.157. The Morgan fingerprint density at radius 2 is 2.00 bits per heavy atom. The van der Waals surface area contributed by atoms with E-state index in [0.717, 1.165) is 21.4 Å². The SMILES string of the molecule is CCOc1c(/C=C2\Sc3cc4c(cc3N2C)OCO4)c(=O)c1=O. The smallest absolute Gasteiger partial charge is 0.268 e. The molecule has 6 nitrogen and oxygen atoms in total. The molecule has 0 radical (unpaired) electrons. The van der Waals surface area contributed by atoms with Gasteiger partial charge in [-0.2, -0.15) is 0 Å². The van der Waals surface area contributed by atoms with Crippen molar-refractivity contribution in [2.75, 3.05) is 25.3 Å². The average molecular weight is 331 g/mol. The third-order valence-electron chi connectivity index (χ3n) is 3.82. The fraction of sp³-hybridized carbons (Fsp3) is 0.250. The molecule has 0 N–H and O–H groups in total. The van der Waals surface area contributed by atoms with Crippen LogP contribution in [-0.2, 0) is 0 Å². The zero-order valence-corrected chi connectivity index (χ0v) is 13.4. The van der Waals surface area contributed by atoms with E-state index in [4.69, 9.17) is 14.2 Å². The van der Waals surface area contributed by atoms with Gasteiger partial charge in [0.2, 0.25) is 12.2 Å². The van der Waals surface area contributed by atoms with Crippen molar-refractivity contribution in [2.45, 2.75) is 11.8 Å². The molecular weight excluding hydrogens is 318 g/mol. The maximum absolute atomic E-state index is 11.8. The van der Waals surface area contributed by atoms with Crippen LogP contribution in [0.2, 0.25) is 0 Å². The molecule has 118 valence electrons. The highest BCUT2D eigenvalue weighted by Crippen LogP contribution is 2.51. The molecule has 2 aliphatic heterocycles. The standard InChI is InChI=1S/C16H13NO5S/c1-3-20-16-8(14(18)15(16)19)4-13-17(2)9-5-10-11(22-7-21-10)6-12(9)23-13/h4-6H,3,7H2,1-2H3/b13-4-. The third kappa shape index (κ3) is 2.03.